The summed E-state index contributed by atoms with van der Waals surface area (Å²) < 4.78 is 0. The van der Waals surface area contributed by atoms with Gasteiger partial charge in [0, 0.05) is 6.04 Å². The summed E-state index contributed by atoms with van der Waals surface area (Å²) in [7, 11) is 0. The molecule has 0 aromatic heterocycles. The molecule has 0 aliphatic heterocycles. The van der Waals surface area contributed by atoms with Crippen molar-refractivity contribution in [1.82, 2.24) is 0 Å². The van der Waals surface area contributed by atoms with Crippen LogP contribution in [0.1, 0.15) is 59.3 Å². The van der Waals surface area contributed by atoms with Gasteiger partial charge in [0.2, 0.25) is 0 Å². The van der Waals surface area contributed by atoms with Crippen LogP contribution >= 0.6 is 0 Å². The van der Waals surface area contributed by atoms with Crippen molar-refractivity contribution in [2.45, 2.75) is 65.3 Å². The molecule has 78 valence electrons. The smallest absolute Gasteiger partial charge is 0.00476 e. The second-order valence-corrected chi connectivity index (χ2v) is 3.91. The Morgan fingerprint density at radius 3 is 2.46 bits per heavy atom. The maximum atomic E-state index is 5.79. The molecular weight excluding hydrogens is 158 g/mol. The van der Waals surface area contributed by atoms with Gasteiger partial charge in [0.1, 0.15) is 0 Å². The lowest BCUT2D eigenvalue weighted by Crippen LogP contribution is -2.15. The Morgan fingerprint density at radius 2 is 2.00 bits per heavy atom. The average Bonchev–Trinajstić information content (AvgIpc) is 2.04. The molecule has 0 saturated carbocycles. The molecular formula is C12H25N. The van der Waals surface area contributed by atoms with Crippen molar-refractivity contribution in [3.63, 3.8) is 0 Å². The first-order chi connectivity index (χ1) is 6.20. The minimum Gasteiger partial charge on any atom is -0.328 e. The lowest BCUT2D eigenvalue weighted by molar-refractivity contribution is 0.655. The summed E-state index contributed by atoms with van der Waals surface area (Å²) in [6.07, 6.45) is 9.81. The summed E-state index contributed by atoms with van der Waals surface area (Å²) >= 11 is 0. The van der Waals surface area contributed by atoms with E-state index in [2.05, 4.69) is 26.8 Å². The normalized spacial score (nSPS) is 14.6. The predicted molar refractivity (Wildman–Crippen MR) is 60.8 cm³/mol. The Balaban J connectivity index is 3.74. The fourth-order valence-electron chi connectivity index (χ4n) is 1.59. The third-order valence-corrected chi connectivity index (χ3v) is 2.18. The van der Waals surface area contributed by atoms with E-state index in [1.807, 2.05) is 0 Å². The van der Waals surface area contributed by atoms with Gasteiger partial charge >= 0.3 is 0 Å². The van der Waals surface area contributed by atoms with E-state index >= 15 is 0 Å². The van der Waals surface area contributed by atoms with E-state index in [1.54, 1.807) is 5.57 Å². The van der Waals surface area contributed by atoms with Crippen LogP contribution in [0.2, 0.25) is 0 Å². The molecule has 0 fully saturated rings. The molecule has 1 unspecified atom stereocenters. The van der Waals surface area contributed by atoms with E-state index in [9.17, 15) is 0 Å². The minimum absolute atomic E-state index is 0.319. The molecule has 0 rings (SSSR count). The van der Waals surface area contributed by atoms with Gasteiger partial charge < -0.3 is 5.73 Å². The lowest BCUT2D eigenvalue weighted by atomic mass is 10.0. The van der Waals surface area contributed by atoms with E-state index in [0.717, 1.165) is 12.8 Å². The molecule has 0 aromatic rings. The van der Waals surface area contributed by atoms with Gasteiger partial charge in [-0.05, 0) is 32.6 Å². The van der Waals surface area contributed by atoms with Crippen molar-refractivity contribution >= 4 is 0 Å². The van der Waals surface area contributed by atoms with E-state index in [4.69, 9.17) is 5.73 Å². The van der Waals surface area contributed by atoms with Crippen LogP contribution in [0.5, 0.6) is 0 Å². The van der Waals surface area contributed by atoms with Crippen LogP contribution in [-0.2, 0) is 0 Å². The fourth-order valence-corrected chi connectivity index (χ4v) is 1.59. The molecule has 0 spiro atoms. The summed E-state index contributed by atoms with van der Waals surface area (Å²) in [6, 6.07) is 0.319. The van der Waals surface area contributed by atoms with Crippen LogP contribution in [0, 0.1) is 0 Å². The first-order valence-corrected chi connectivity index (χ1v) is 5.64. The van der Waals surface area contributed by atoms with Gasteiger partial charge in [0.05, 0.1) is 0 Å². The third kappa shape index (κ3) is 8.04. The van der Waals surface area contributed by atoms with Crippen molar-refractivity contribution in [1.29, 1.82) is 0 Å². The zero-order valence-corrected chi connectivity index (χ0v) is 9.47. The molecule has 0 amide bonds. The van der Waals surface area contributed by atoms with Crippen molar-refractivity contribution in [2.75, 3.05) is 0 Å². The number of allylic oxidation sites excluding steroid dienone is 1. The monoisotopic (exact) mass is 183 g/mol. The van der Waals surface area contributed by atoms with Crippen LogP contribution in [-0.4, -0.2) is 6.04 Å². The molecule has 0 aliphatic carbocycles. The van der Waals surface area contributed by atoms with Crippen LogP contribution in [0.15, 0.2) is 11.6 Å². The van der Waals surface area contributed by atoms with Crippen LogP contribution in [0.4, 0.5) is 0 Å². The Kier molecular flexibility index (Phi) is 8.11. The molecule has 0 aromatic carbocycles. The topological polar surface area (TPSA) is 26.0 Å². The van der Waals surface area contributed by atoms with E-state index in [0.29, 0.717) is 6.04 Å². The molecule has 1 heteroatoms. The maximum absolute atomic E-state index is 5.79. The van der Waals surface area contributed by atoms with Crippen molar-refractivity contribution < 1.29 is 0 Å². The Bertz CT molecular complexity index is 136. The molecule has 0 saturated heterocycles. The van der Waals surface area contributed by atoms with Gasteiger partial charge in [-0.15, -0.1) is 0 Å². The number of rotatable bonds is 7. The highest BCUT2D eigenvalue weighted by molar-refractivity contribution is 5.03. The van der Waals surface area contributed by atoms with Crippen LogP contribution in [0.3, 0.4) is 0 Å². The zero-order chi connectivity index (χ0) is 10.1. The molecule has 2 N–H and O–H groups in total. The van der Waals surface area contributed by atoms with Gasteiger partial charge in [0.25, 0.3) is 0 Å². The third-order valence-electron chi connectivity index (χ3n) is 2.18. The summed E-state index contributed by atoms with van der Waals surface area (Å²) in [6.45, 7) is 6.53. The molecule has 0 aliphatic rings. The summed E-state index contributed by atoms with van der Waals surface area (Å²) in [5.41, 5.74) is 7.35. The van der Waals surface area contributed by atoms with E-state index in [1.165, 1.54) is 25.7 Å². The number of hydrogen-bond donors (Lipinski definition) is 1. The highest BCUT2D eigenvalue weighted by Gasteiger charge is 2.00. The second-order valence-electron chi connectivity index (χ2n) is 3.91. The van der Waals surface area contributed by atoms with E-state index < -0.39 is 0 Å². The standard InChI is InChI=1S/C12H25N/c1-4-6-7-9-12(8-5-2)10-11(3)13/h8,11H,4-7,9-10,13H2,1-3H3. The average molecular weight is 183 g/mol. The first kappa shape index (κ1) is 12.7. The Morgan fingerprint density at radius 1 is 1.31 bits per heavy atom. The Labute approximate surface area is 83.4 Å². The summed E-state index contributed by atoms with van der Waals surface area (Å²) in [4.78, 5) is 0. The largest absolute Gasteiger partial charge is 0.328 e. The van der Waals surface area contributed by atoms with Gasteiger partial charge in [-0.2, -0.15) is 0 Å². The number of unbranched alkanes of at least 4 members (excludes halogenated alkanes) is 2. The molecule has 0 heterocycles. The Hall–Kier alpha value is -0.300. The fraction of sp³-hybridized carbons (Fsp3) is 0.833. The highest BCUT2D eigenvalue weighted by Crippen LogP contribution is 2.14. The number of hydrogen-bond acceptors (Lipinski definition) is 1. The van der Waals surface area contributed by atoms with Crippen molar-refractivity contribution in [3.8, 4) is 0 Å². The van der Waals surface area contributed by atoms with Crippen molar-refractivity contribution in [2.24, 2.45) is 5.73 Å². The number of nitrogens with two attached hydrogens (primary N) is 1. The molecule has 1 atom stereocenters. The van der Waals surface area contributed by atoms with Gasteiger partial charge in [-0.3, -0.25) is 0 Å². The summed E-state index contributed by atoms with van der Waals surface area (Å²) in [5.74, 6) is 0. The SMILES string of the molecule is CCC=C(CCCCC)CC(C)N. The predicted octanol–water partition coefficient (Wildman–Crippen LogP) is 3.64. The van der Waals surface area contributed by atoms with Crippen molar-refractivity contribution in [3.05, 3.63) is 11.6 Å². The summed E-state index contributed by atoms with van der Waals surface area (Å²) in [5, 5.41) is 0. The lowest BCUT2D eigenvalue weighted by Gasteiger charge is -2.09. The van der Waals surface area contributed by atoms with Crippen LogP contribution < -0.4 is 5.73 Å². The minimum atomic E-state index is 0.319. The molecule has 0 bridgehead atoms. The van der Waals surface area contributed by atoms with Gasteiger partial charge in [-0.25, -0.2) is 0 Å². The quantitative estimate of drug-likeness (QED) is 0.473. The van der Waals surface area contributed by atoms with Crippen LogP contribution in [0.25, 0.3) is 0 Å². The van der Waals surface area contributed by atoms with E-state index in [-0.39, 0.29) is 0 Å². The van der Waals surface area contributed by atoms with Gasteiger partial charge in [-0.1, -0.05) is 38.3 Å². The second kappa shape index (κ2) is 8.31. The zero-order valence-electron chi connectivity index (χ0n) is 9.47. The first-order valence-electron chi connectivity index (χ1n) is 5.64. The molecule has 0 radical (unpaired) electrons. The molecule has 1 nitrogen and oxygen atoms in total. The maximum Gasteiger partial charge on any atom is 0.00476 e. The highest BCUT2D eigenvalue weighted by atomic mass is 14.6. The molecule has 13 heavy (non-hydrogen) atoms. The van der Waals surface area contributed by atoms with Gasteiger partial charge in [0.15, 0.2) is 0 Å².